The van der Waals surface area contributed by atoms with E-state index in [0.29, 0.717) is 24.7 Å². The minimum Gasteiger partial charge on any atom is -0.391 e. The lowest BCUT2D eigenvalue weighted by atomic mass is 10.0. The number of carbonyl (C=O) groups is 1. The topological polar surface area (TPSA) is 101 Å². The van der Waals surface area contributed by atoms with Gasteiger partial charge in [-0.15, -0.1) is 0 Å². The first-order valence-corrected chi connectivity index (χ1v) is 8.43. The maximum Gasteiger partial charge on any atom is 0.219 e. The van der Waals surface area contributed by atoms with E-state index in [-0.39, 0.29) is 5.91 Å². The lowest BCUT2D eigenvalue weighted by molar-refractivity contribution is -0.128. The number of pyridine rings is 1. The molecule has 0 radical (unpaired) electrons. The fourth-order valence-corrected chi connectivity index (χ4v) is 2.96. The van der Waals surface area contributed by atoms with Crippen LogP contribution in [0.15, 0.2) is 47.0 Å². The average molecular weight is 353 g/mol. The zero-order valence-electron chi connectivity index (χ0n) is 15.2. The van der Waals surface area contributed by atoms with Crippen LogP contribution in [0.2, 0.25) is 0 Å². The highest BCUT2D eigenvalue weighted by atomic mass is 16.2. The maximum absolute atomic E-state index is 11.7. The van der Waals surface area contributed by atoms with Gasteiger partial charge in [0.2, 0.25) is 5.91 Å². The minimum atomic E-state index is 0.0298. The minimum absolute atomic E-state index is 0.0298. The Labute approximate surface area is 152 Å². The molecule has 1 aliphatic rings. The van der Waals surface area contributed by atoms with Crippen molar-refractivity contribution >= 4 is 17.6 Å². The quantitative estimate of drug-likeness (QED) is 0.635. The normalized spacial score (nSPS) is 15.3. The van der Waals surface area contributed by atoms with Gasteiger partial charge in [-0.25, -0.2) is 9.98 Å². The van der Waals surface area contributed by atoms with E-state index in [9.17, 15) is 4.79 Å². The monoisotopic (exact) mass is 353 g/mol. The van der Waals surface area contributed by atoms with Crippen molar-refractivity contribution in [1.29, 1.82) is 0 Å². The van der Waals surface area contributed by atoms with Gasteiger partial charge >= 0.3 is 0 Å². The molecule has 8 heteroatoms. The van der Waals surface area contributed by atoms with Gasteiger partial charge in [0.25, 0.3) is 0 Å². The molecule has 2 aromatic heterocycles. The van der Waals surface area contributed by atoms with Crippen molar-refractivity contribution in [2.24, 2.45) is 17.8 Å². The molecule has 136 valence electrons. The Morgan fingerprint density at radius 2 is 2.19 bits per heavy atom. The summed E-state index contributed by atoms with van der Waals surface area (Å²) in [6, 6.07) is 3.78. The van der Waals surface area contributed by atoms with E-state index in [1.807, 2.05) is 32.4 Å². The molecule has 0 saturated carbocycles. The van der Waals surface area contributed by atoms with Crippen molar-refractivity contribution in [3.05, 3.63) is 42.0 Å². The maximum atomic E-state index is 11.7. The third kappa shape index (κ3) is 3.74. The molecule has 0 aliphatic carbocycles. The van der Waals surface area contributed by atoms with Gasteiger partial charge in [-0.3, -0.25) is 9.48 Å². The standard InChI is InChI=1S/C18H23N7O/c1-12(26)25-7-5-16(20-2)15(11-25)18(19)23-17-8-13(4-6-21-17)14-9-22-24(3)10-14/h4,6,8-10,20H,5,7,11H2,1-3H3,(H2,19,21,23). The largest absolute Gasteiger partial charge is 0.391 e. The van der Waals surface area contributed by atoms with Crippen molar-refractivity contribution < 1.29 is 4.79 Å². The number of amides is 1. The molecule has 3 heterocycles. The Kier molecular flexibility index (Phi) is 5.01. The first-order chi connectivity index (χ1) is 12.5. The molecule has 0 atom stereocenters. The number of hydrogen-bond donors (Lipinski definition) is 2. The van der Waals surface area contributed by atoms with Crippen LogP contribution in [0.25, 0.3) is 11.1 Å². The molecule has 8 nitrogen and oxygen atoms in total. The Morgan fingerprint density at radius 1 is 1.38 bits per heavy atom. The van der Waals surface area contributed by atoms with Crippen molar-refractivity contribution in [2.75, 3.05) is 20.1 Å². The van der Waals surface area contributed by atoms with Crippen molar-refractivity contribution in [3.63, 3.8) is 0 Å². The van der Waals surface area contributed by atoms with Gasteiger partial charge in [0.15, 0.2) is 5.82 Å². The Morgan fingerprint density at radius 3 is 2.85 bits per heavy atom. The lowest BCUT2D eigenvalue weighted by Gasteiger charge is -2.29. The smallest absolute Gasteiger partial charge is 0.219 e. The van der Waals surface area contributed by atoms with Crippen LogP contribution in [0.4, 0.5) is 5.82 Å². The molecule has 2 aromatic rings. The molecular weight excluding hydrogens is 330 g/mol. The van der Waals surface area contributed by atoms with Gasteiger partial charge in [0, 0.05) is 63.2 Å². The van der Waals surface area contributed by atoms with Crippen LogP contribution in [0, 0.1) is 0 Å². The fraction of sp³-hybridized carbons (Fsp3) is 0.333. The third-order valence-electron chi connectivity index (χ3n) is 4.42. The van der Waals surface area contributed by atoms with Gasteiger partial charge in [-0.1, -0.05) is 0 Å². The number of aliphatic imine (C=N–C) groups is 1. The highest BCUT2D eigenvalue weighted by molar-refractivity contribution is 6.00. The van der Waals surface area contributed by atoms with Gasteiger partial charge in [0.1, 0.15) is 5.84 Å². The van der Waals surface area contributed by atoms with E-state index in [2.05, 4.69) is 20.4 Å². The predicted molar refractivity (Wildman–Crippen MR) is 101 cm³/mol. The molecule has 1 amide bonds. The number of carbonyl (C=O) groups excluding carboxylic acids is 1. The van der Waals surface area contributed by atoms with E-state index in [1.54, 1.807) is 28.9 Å². The Balaban J connectivity index is 1.91. The van der Waals surface area contributed by atoms with E-state index >= 15 is 0 Å². The predicted octanol–water partition coefficient (Wildman–Crippen LogP) is 1.20. The van der Waals surface area contributed by atoms with E-state index in [0.717, 1.165) is 28.8 Å². The zero-order chi connectivity index (χ0) is 18.7. The van der Waals surface area contributed by atoms with Crippen LogP contribution in [0.5, 0.6) is 0 Å². The molecule has 0 fully saturated rings. The zero-order valence-corrected chi connectivity index (χ0v) is 15.2. The second kappa shape index (κ2) is 7.38. The molecular formula is C18H23N7O. The Bertz CT molecular complexity index is 881. The molecule has 0 spiro atoms. The molecule has 0 bridgehead atoms. The van der Waals surface area contributed by atoms with Gasteiger partial charge < -0.3 is 16.0 Å². The summed E-state index contributed by atoms with van der Waals surface area (Å²) < 4.78 is 1.75. The SMILES string of the molecule is CNC1=C(C(N)=Nc2cc(-c3cnn(C)c3)ccn2)CN(C(C)=O)CC1. The van der Waals surface area contributed by atoms with E-state index in [1.165, 1.54) is 0 Å². The highest BCUT2D eigenvalue weighted by Crippen LogP contribution is 2.23. The third-order valence-corrected chi connectivity index (χ3v) is 4.42. The number of nitrogens with one attached hydrogen (secondary N) is 1. The number of amidine groups is 1. The van der Waals surface area contributed by atoms with E-state index < -0.39 is 0 Å². The van der Waals surface area contributed by atoms with Crippen LogP contribution in [-0.2, 0) is 11.8 Å². The number of aryl methyl sites for hydroxylation is 1. The molecule has 3 rings (SSSR count). The van der Waals surface area contributed by atoms with Crippen molar-refractivity contribution in [1.82, 2.24) is 25.0 Å². The summed E-state index contributed by atoms with van der Waals surface area (Å²) in [5.74, 6) is 0.921. The van der Waals surface area contributed by atoms with Crippen LogP contribution in [-0.4, -0.2) is 51.5 Å². The summed E-state index contributed by atoms with van der Waals surface area (Å²) in [5, 5.41) is 7.36. The Hall–Kier alpha value is -3.16. The van der Waals surface area contributed by atoms with Crippen LogP contribution < -0.4 is 11.1 Å². The van der Waals surface area contributed by atoms with Crippen LogP contribution in [0.1, 0.15) is 13.3 Å². The van der Waals surface area contributed by atoms with E-state index in [4.69, 9.17) is 5.73 Å². The van der Waals surface area contributed by atoms with Gasteiger partial charge in [0.05, 0.1) is 12.7 Å². The first kappa shape index (κ1) is 17.7. The second-order valence-corrected chi connectivity index (χ2v) is 6.20. The summed E-state index contributed by atoms with van der Waals surface area (Å²) in [6.07, 6.45) is 6.15. The fourth-order valence-electron chi connectivity index (χ4n) is 2.96. The molecule has 26 heavy (non-hydrogen) atoms. The number of nitrogens with zero attached hydrogens (tertiary/aromatic N) is 5. The number of rotatable bonds is 4. The lowest BCUT2D eigenvalue weighted by Crippen LogP contribution is -2.40. The summed E-state index contributed by atoms with van der Waals surface area (Å²) in [5.41, 5.74) is 10.1. The highest BCUT2D eigenvalue weighted by Gasteiger charge is 2.22. The van der Waals surface area contributed by atoms with Crippen molar-refractivity contribution in [2.45, 2.75) is 13.3 Å². The molecule has 1 aliphatic heterocycles. The number of hydrogen-bond acceptors (Lipinski definition) is 5. The number of nitrogens with two attached hydrogens (primary N) is 1. The molecule has 0 aromatic carbocycles. The average Bonchev–Trinajstić information content (AvgIpc) is 3.07. The summed E-state index contributed by atoms with van der Waals surface area (Å²) in [4.78, 5) is 22.2. The van der Waals surface area contributed by atoms with Crippen LogP contribution in [0.3, 0.4) is 0 Å². The molecule has 0 saturated heterocycles. The summed E-state index contributed by atoms with van der Waals surface area (Å²) >= 11 is 0. The number of aromatic nitrogens is 3. The first-order valence-electron chi connectivity index (χ1n) is 8.43. The summed E-state index contributed by atoms with van der Waals surface area (Å²) in [7, 11) is 3.73. The summed E-state index contributed by atoms with van der Waals surface area (Å²) in [6.45, 7) is 2.69. The molecule has 3 N–H and O–H groups in total. The molecule has 0 unspecified atom stereocenters. The van der Waals surface area contributed by atoms with Gasteiger partial charge in [-0.05, 0) is 17.7 Å². The second-order valence-electron chi connectivity index (χ2n) is 6.20. The van der Waals surface area contributed by atoms with Gasteiger partial charge in [-0.2, -0.15) is 5.10 Å². The van der Waals surface area contributed by atoms with Crippen molar-refractivity contribution in [3.8, 4) is 11.1 Å². The van der Waals surface area contributed by atoms with Crippen LogP contribution >= 0.6 is 0 Å².